The van der Waals surface area contributed by atoms with E-state index in [2.05, 4.69) is 14.7 Å². The maximum atomic E-state index is 13.9. The summed E-state index contributed by atoms with van der Waals surface area (Å²) in [6.45, 7) is 0. The fourth-order valence-corrected chi connectivity index (χ4v) is 1.93. The van der Waals surface area contributed by atoms with Crippen molar-refractivity contribution in [3.05, 3.63) is 29.9 Å². The van der Waals surface area contributed by atoms with Gasteiger partial charge in [-0.25, -0.2) is 13.2 Å². The number of carbonyl (C=O) groups excluding carboxylic acids is 1. The zero-order valence-electron chi connectivity index (χ0n) is 11.5. The molecule has 1 unspecified atom stereocenters. The number of nitrogens with zero attached hydrogens (tertiary/aromatic N) is 2. The van der Waals surface area contributed by atoms with Gasteiger partial charge in [-0.2, -0.15) is 18.2 Å². The molecule has 1 atom stereocenters. The zero-order valence-corrected chi connectivity index (χ0v) is 11.5. The molecule has 1 amide bonds. The second-order valence-corrected chi connectivity index (χ2v) is 5.12. The van der Waals surface area contributed by atoms with E-state index in [0.29, 0.717) is 0 Å². The molecule has 1 heterocycles. The monoisotopic (exact) mass is 351 g/mol. The first kappa shape index (κ1) is 16.3. The Kier molecular flexibility index (Phi) is 3.53. The summed E-state index contributed by atoms with van der Waals surface area (Å²) in [5, 5.41) is 5.08. The highest BCUT2D eigenvalue weighted by Gasteiger charge is 2.61. The zero-order chi connectivity index (χ0) is 17.7. The standard InChI is InChI=1S/C13H7F6N3O2/c14-7-3-5(9-21-11(24-22-9)13(17,18)19)1-2-8(7)20-10(23)6-4-12(6,15)16/h1-3,6H,4H2,(H,20,23). The Bertz CT molecular complexity index is 801. The number of carbonyl (C=O) groups is 1. The highest BCUT2D eigenvalue weighted by atomic mass is 19.4. The normalized spacial score (nSPS) is 19.2. The quantitative estimate of drug-likeness (QED) is 0.860. The van der Waals surface area contributed by atoms with Crippen molar-refractivity contribution in [3.8, 4) is 11.4 Å². The molecule has 0 spiro atoms. The van der Waals surface area contributed by atoms with Gasteiger partial charge in [0.2, 0.25) is 11.7 Å². The van der Waals surface area contributed by atoms with Crippen LogP contribution in [0.2, 0.25) is 0 Å². The van der Waals surface area contributed by atoms with Crippen LogP contribution in [0.4, 0.5) is 32.0 Å². The van der Waals surface area contributed by atoms with Crippen LogP contribution in [0.25, 0.3) is 11.4 Å². The van der Waals surface area contributed by atoms with Crippen molar-refractivity contribution in [2.45, 2.75) is 18.5 Å². The number of halogens is 6. The highest BCUT2D eigenvalue weighted by molar-refractivity contribution is 5.95. The molecule has 1 aliphatic rings. The van der Waals surface area contributed by atoms with E-state index in [1.165, 1.54) is 0 Å². The summed E-state index contributed by atoms with van der Waals surface area (Å²) in [5.74, 6) is -8.78. The number of benzene rings is 1. The fraction of sp³-hybridized carbons (Fsp3) is 0.308. The van der Waals surface area contributed by atoms with Crippen LogP contribution in [0.3, 0.4) is 0 Å². The van der Waals surface area contributed by atoms with Crippen molar-refractivity contribution in [1.82, 2.24) is 10.1 Å². The molecule has 1 N–H and O–H groups in total. The molecule has 0 saturated heterocycles. The molecule has 5 nitrogen and oxygen atoms in total. The number of hydrogen-bond donors (Lipinski definition) is 1. The first-order valence-electron chi connectivity index (χ1n) is 6.47. The lowest BCUT2D eigenvalue weighted by Gasteiger charge is -2.06. The molecule has 128 valence electrons. The molecular formula is C13H7F6N3O2. The number of rotatable bonds is 3. The summed E-state index contributed by atoms with van der Waals surface area (Å²) in [6.07, 6.45) is -5.45. The van der Waals surface area contributed by atoms with Gasteiger partial charge in [0.15, 0.2) is 0 Å². The molecule has 3 rings (SSSR count). The summed E-state index contributed by atoms with van der Waals surface area (Å²) >= 11 is 0. The molecule has 11 heteroatoms. The molecule has 1 fully saturated rings. The predicted molar refractivity (Wildman–Crippen MR) is 66.4 cm³/mol. The Hall–Kier alpha value is -2.59. The van der Waals surface area contributed by atoms with Crippen molar-refractivity contribution in [2.75, 3.05) is 5.32 Å². The molecule has 1 aromatic carbocycles. The molecule has 1 aliphatic carbocycles. The van der Waals surface area contributed by atoms with E-state index in [4.69, 9.17) is 0 Å². The van der Waals surface area contributed by atoms with Crippen LogP contribution in [0, 0.1) is 11.7 Å². The molecule has 24 heavy (non-hydrogen) atoms. The first-order valence-corrected chi connectivity index (χ1v) is 6.47. The maximum Gasteiger partial charge on any atom is 0.471 e. The second-order valence-electron chi connectivity index (χ2n) is 5.12. The Balaban J connectivity index is 1.78. The van der Waals surface area contributed by atoms with Gasteiger partial charge in [0.05, 0.1) is 5.69 Å². The maximum absolute atomic E-state index is 13.9. The fourth-order valence-electron chi connectivity index (χ4n) is 1.93. The number of nitrogens with one attached hydrogen (secondary N) is 1. The van der Waals surface area contributed by atoms with Gasteiger partial charge in [-0.3, -0.25) is 4.79 Å². The molecule has 2 aromatic rings. The average molecular weight is 351 g/mol. The third kappa shape index (κ3) is 3.05. The molecular weight excluding hydrogens is 344 g/mol. The Morgan fingerprint density at radius 2 is 2.00 bits per heavy atom. The molecule has 0 aliphatic heterocycles. The van der Waals surface area contributed by atoms with Crippen LogP contribution in [-0.2, 0) is 11.0 Å². The van der Waals surface area contributed by atoms with Gasteiger partial charge in [-0.05, 0) is 18.2 Å². The van der Waals surface area contributed by atoms with Gasteiger partial charge in [-0.1, -0.05) is 5.16 Å². The van der Waals surface area contributed by atoms with Crippen molar-refractivity contribution < 1.29 is 35.7 Å². The van der Waals surface area contributed by atoms with E-state index in [1.54, 1.807) is 0 Å². The van der Waals surface area contributed by atoms with Crippen molar-refractivity contribution >= 4 is 11.6 Å². The van der Waals surface area contributed by atoms with Crippen LogP contribution < -0.4 is 5.32 Å². The molecule has 1 aromatic heterocycles. The van der Waals surface area contributed by atoms with Crippen LogP contribution in [0.5, 0.6) is 0 Å². The van der Waals surface area contributed by atoms with Crippen LogP contribution >= 0.6 is 0 Å². The summed E-state index contributed by atoms with van der Waals surface area (Å²) in [4.78, 5) is 14.6. The van der Waals surface area contributed by atoms with E-state index in [-0.39, 0.29) is 11.3 Å². The van der Waals surface area contributed by atoms with E-state index in [9.17, 15) is 31.1 Å². The Labute approximate surface area is 129 Å². The lowest BCUT2D eigenvalue weighted by molar-refractivity contribution is -0.159. The summed E-state index contributed by atoms with van der Waals surface area (Å²) in [5.41, 5.74) is -0.521. The first-order chi connectivity index (χ1) is 11.1. The van der Waals surface area contributed by atoms with E-state index < -0.39 is 47.9 Å². The van der Waals surface area contributed by atoms with Gasteiger partial charge >= 0.3 is 12.1 Å². The van der Waals surface area contributed by atoms with E-state index in [1.807, 2.05) is 5.32 Å². The van der Waals surface area contributed by atoms with E-state index in [0.717, 1.165) is 18.2 Å². The van der Waals surface area contributed by atoms with Crippen LogP contribution in [-0.4, -0.2) is 22.0 Å². The largest absolute Gasteiger partial charge is 0.471 e. The summed E-state index contributed by atoms with van der Waals surface area (Å²) in [6, 6.07) is 2.88. The van der Waals surface area contributed by atoms with E-state index >= 15 is 0 Å². The van der Waals surface area contributed by atoms with Crippen molar-refractivity contribution in [2.24, 2.45) is 5.92 Å². The average Bonchev–Trinajstić information content (AvgIpc) is 2.90. The Morgan fingerprint density at radius 1 is 1.33 bits per heavy atom. The minimum absolute atomic E-state index is 0.137. The van der Waals surface area contributed by atoms with Crippen molar-refractivity contribution in [1.29, 1.82) is 0 Å². The van der Waals surface area contributed by atoms with Gasteiger partial charge in [-0.15, -0.1) is 0 Å². The third-order valence-electron chi connectivity index (χ3n) is 3.30. The minimum atomic E-state index is -4.84. The summed E-state index contributed by atoms with van der Waals surface area (Å²) in [7, 11) is 0. The predicted octanol–water partition coefficient (Wildman–Crippen LogP) is 3.49. The minimum Gasteiger partial charge on any atom is -0.329 e. The molecule has 0 bridgehead atoms. The van der Waals surface area contributed by atoms with Crippen LogP contribution in [0.1, 0.15) is 12.3 Å². The number of anilines is 1. The lowest BCUT2D eigenvalue weighted by atomic mass is 10.2. The smallest absolute Gasteiger partial charge is 0.329 e. The number of hydrogen-bond acceptors (Lipinski definition) is 4. The van der Waals surface area contributed by atoms with Gasteiger partial charge in [0.25, 0.3) is 5.92 Å². The lowest BCUT2D eigenvalue weighted by Crippen LogP contribution is -2.18. The van der Waals surface area contributed by atoms with Crippen LogP contribution in [0.15, 0.2) is 22.7 Å². The Morgan fingerprint density at radius 3 is 2.50 bits per heavy atom. The topological polar surface area (TPSA) is 68.0 Å². The van der Waals surface area contributed by atoms with Gasteiger partial charge in [0, 0.05) is 12.0 Å². The SMILES string of the molecule is O=C(Nc1ccc(-c2noc(C(F)(F)F)n2)cc1F)C1CC1(F)F. The number of amides is 1. The number of alkyl halides is 5. The summed E-state index contributed by atoms with van der Waals surface area (Å²) < 4.78 is 80.6. The van der Waals surface area contributed by atoms with Crippen molar-refractivity contribution in [3.63, 3.8) is 0 Å². The van der Waals surface area contributed by atoms with Gasteiger partial charge < -0.3 is 9.84 Å². The molecule has 0 radical (unpaired) electrons. The molecule has 1 saturated carbocycles. The third-order valence-corrected chi connectivity index (χ3v) is 3.30. The number of aromatic nitrogens is 2. The van der Waals surface area contributed by atoms with Gasteiger partial charge in [0.1, 0.15) is 11.7 Å². The second kappa shape index (κ2) is 5.21. The highest BCUT2D eigenvalue weighted by Crippen LogP contribution is 2.49.